The third kappa shape index (κ3) is 3.92. The molecule has 3 aromatic carbocycles. The van der Waals surface area contributed by atoms with Gasteiger partial charge >= 0.3 is 4.94 Å². The Labute approximate surface area is 177 Å². The molecule has 0 N–H and O–H groups in total. The monoisotopic (exact) mass is 439 g/mol. The average molecular weight is 440 g/mol. The van der Waals surface area contributed by atoms with Crippen LogP contribution in [-0.2, 0) is 21.2 Å². The van der Waals surface area contributed by atoms with Crippen molar-refractivity contribution in [3.8, 4) is 0 Å². The van der Waals surface area contributed by atoms with E-state index in [1.165, 1.54) is 30.3 Å². The Hall–Kier alpha value is -3.23. The molecule has 0 saturated heterocycles. The van der Waals surface area contributed by atoms with Crippen LogP contribution in [0.2, 0.25) is 0 Å². The summed E-state index contributed by atoms with van der Waals surface area (Å²) in [7, 11) is -4.17. The molecule has 0 unspecified atom stereocenters. The second kappa shape index (κ2) is 7.89. The fraction of sp³-hybridized carbons (Fsp3) is 0.0909. The van der Waals surface area contributed by atoms with Crippen molar-refractivity contribution in [1.82, 2.24) is 0 Å². The number of aryl methyl sites for hydroxylation is 1. The van der Waals surface area contributed by atoms with Gasteiger partial charge in [-0.25, -0.2) is 17.5 Å². The molecule has 0 aliphatic carbocycles. The second-order valence-corrected chi connectivity index (χ2v) is 9.49. The minimum atomic E-state index is -4.17. The molecular formula is C22H17NO5S2. The summed E-state index contributed by atoms with van der Waals surface area (Å²) in [5.74, 6) is -0.600. The van der Waals surface area contributed by atoms with Gasteiger partial charge in [0.2, 0.25) is 5.91 Å². The fourth-order valence-electron chi connectivity index (χ4n) is 3.06. The number of benzene rings is 3. The van der Waals surface area contributed by atoms with Gasteiger partial charge in [0.05, 0.1) is 21.7 Å². The van der Waals surface area contributed by atoms with E-state index in [-0.39, 0.29) is 17.0 Å². The summed E-state index contributed by atoms with van der Waals surface area (Å²) in [6, 6.07) is 19.7. The number of fused-ring (bicyclic) bond motifs is 1. The summed E-state index contributed by atoms with van der Waals surface area (Å²) in [6.07, 6.45) is -0.0917. The standard InChI is InChI=1S/C22H17NO5S2/c1-15-7-10-18(11-8-15)30(26,27)23(21(24)13-16-5-3-2-4-6-16)17-9-12-19-20(14-17)29-22(25)28-19/h2-12,14H,13H2,1H3. The quantitative estimate of drug-likeness (QED) is 0.467. The predicted octanol–water partition coefficient (Wildman–Crippen LogP) is 4.13. The van der Waals surface area contributed by atoms with E-state index in [1.54, 1.807) is 36.4 Å². The minimum Gasteiger partial charge on any atom is -0.414 e. The van der Waals surface area contributed by atoms with Gasteiger partial charge in [0.1, 0.15) is 5.58 Å². The Kier molecular flexibility index (Phi) is 5.27. The zero-order valence-electron chi connectivity index (χ0n) is 15.9. The number of nitrogens with zero attached hydrogens (tertiary/aromatic N) is 1. The number of rotatable bonds is 5. The van der Waals surface area contributed by atoms with Crippen LogP contribution >= 0.6 is 11.3 Å². The molecular weight excluding hydrogens is 422 g/mol. The first kappa shape index (κ1) is 20.1. The highest BCUT2D eigenvalue weighted by Crippen LogP contribution is 2.29. The summed E-state index contributed by atoms with van der Waals surface area (Å²) < 4.78 is 33.2. The largest absolute Gasteiger partial charge is 0.414 e. The molecule has 152 valence electrons. The van der Waals surface area contributed by atoms with Crippen molar-refractivity contribution >= 4 is 43.2 Å². The molecule has 1 heterocycles. The van der Waals surface area contributed by atoms with Crippen molar-refractivity contribution in [3.05, 3.63) is 93.7 Å². The minimum absolute atomic E-state index is 0.00925. The topological polar surface area (TPSA) is 84.7 Å². The van der Waals surface area contributed by atoms with E-state index in [0.717, 1.165) is 21.2 Å². The maximum absolute atomic E-state index is 13.4. The maximum atomic E-state index is 13.4. The number of anilines is 1. The van der Waals surface area contributed by atoms with Crippen molar-refractivity contribution < 1.29 is 17.6 Å². The summed E-state index contributed by atoms with van der Waals surface area (Å²) in [6.45, 7) is 1.85. The van der Waals surface area contributed by atoms with Gasteiger partial charge < -0.3 is 4.42 Å². The molecule has 1 amide bonds. The highest BCUT2D eigenvalue weighted by molar-refractivity contribution is 7.93. The highest BCUT2D eigenvalue weighted by atomic mass is 32.2. The van der Waals surface area contributed by atoms with Crippen LogP contribution in [0.25, 0.3) is 10.3 Å². The molecule has 0 aliphatic rings. The van der Waals surface area contributed by atoms with Crippen molar-refractivity contribution in [2.75, 3.05) is 4.31 Å². The van der Waals surface area contributed by atoms with Crippen molar-refractivity contribution in [2.45, 2.75) is 18.2 Å². The van der Waals surface area contributed by atoms with Gasteiger partial charge in [-0.3, -0.25) is 4.79 Å². The van der Waals surface area contributed by atoms with Crippen molar-refractivity contribution in [1.29, 1.82) is 0 Å². The van der Waals surface area contributed by atoms with Crippen LogP contribution < -0.4 is 9.24 Å². The SMILES string of the molecule is Cc1ccc(S(=O)(=O)N(C(=O)Cc2ccccc2)c2ccc3oc(=O)sc3c2)cc1. The number of hydrogen-bond acceptors (Lipinski definition) is 6. The van der Waals surface area contributed by atoms with Crippen LogP contribution in [0.3, 0.4) is 0 Å². The molecule has 1 aromatic heterocycles. The lowest BCUT2D eigenvalue weighted by atomic mass is 10.1. The summed E-state index contributed by atoms with van der Waals surface area (Å²) >= 11 is 0.853. The predicted molar refractivity (Wildman–Crippen MR) is 116 cm³/mol. The molecule has 0 fully saturated rings. The number of hydrogen-bond donors (Lipinski definition) is 0. The van der Waals surface area contributed by atoms with Crippen LogP contribution in [0.15, 0.2) is 86.9 Å². The Bertz CT molecular complexity index is 1370. The summed E-state index contributed by atoms with van der Waals surface area (Å²) in [5.41, 5.74) is 2.10. The van der Waals surface area contributed by atoms with Gasteiger partial charge in [0, 0.05) is 0 Å². The second-order valence-electron chi connectivity index (χ2n) is 6.72. The molecule has 30 heavy (non-hydrogen) atoms. The molecule has 0 aliphatic heterocycles. The van der Waals surface area contributed by atoms with E-state index < -0.39 is 20.9 Å². The Morgan fingerprint density at radius 3 is 2.40 bits per heavy atom. The molecule has 0 spiro atoms. The van der Waals surface area contributed by atoms with Crippen LogP contribution in [0.5, 0.6) is 0 Å². The molecule has 4 aromatic rings. The maximum Gasteiger partial charge on any atom is 0.396 e. The molecule has 6 nitrogen and oxygen atoms in total. The molecule has 0 atom stereocenters. The van der Waals surface area contributed by atoms with Gasteiger partial charge in [0.15, 0.2) is 0 Å². The van der Waals surface area contributed by atoms with Crippen LogP contribution in [-0.4, -0.2) is 14.3 Å². The Balaban J connectivity index is 1.83. The van der Waals surface area contributed by atoms with Crippen LogP contribution in [0.1, 0.15) is 11.1 Å². The third-order valence-electron chi connectivity index (χ3n) is 4.53. The van der Waals surface area contributed by atoms with Crippen molar-refractivity contribution in [3.63, 3.8) is 0 Å². The zero-order valence-corrected chi connectivity index (χ0v) is 17.6. The van der Waals surface area contributed by atoms with E-state index in [0.29, 0.717) is 15.8 Å². The van der Waals surface area contributed by atoms with Gasteiger partial charge in [-0.1, -0.05) is 59.4 Å². The van der Waals surface area contributed by atoms with Gasteiger partial charge in [0.25, 0.3) is 10.0 Å². The van der Waals surface area contributed by atoms with E-state index in [1.807, 2.05) is 13.0 Å². The van der Waals surface area contributed by atoms with Gasteiger partial charge in [-0.05, 0) is 42.8 Å². The summed E-state index contributed by atoms with van der Waals surface area (Å²) in [4.78, 5) is 24.3. The molecule has 0 radical (unpaired) electrons. The number of carbonyl (C=O) groups is 1. The first-order valence-corrected chi connectivity index (χ1v) is 11.3. The fourth-order valence-corrected chi connectivity index (χ4v) is 5.18. The van der Waals surface area contributed by atoms with E-state index in [4.69, 9.17) is 4.42 Å². The Morgan fingerprint density at radius 1 is 1.00 bits per heavy atom. The molecule has 0 saturated carbocycles. The molecule has 4 rings (SSSR count). The lowest BCUT2D eigenvalue weighted by Crippen LogP contribution is -2.38. The third-order valence-corrected chi connectivity index (χ3v) is 7.08. The average Bonchev–Trinajstić information content (AvgIpc) is 3.08. The van der Waals surface area contributed by atoms with Crippen LogP contribution in [0, 0.1) is 6.92 Å². The zero-order chi connectivity index (χ0) is 21.3. The van der Waals surface area contributed by atoms with Gasteiger partial charge in [-0.2, -0.15) is 0 Å². The summed E-state index contributed by atoms with van der Waals surface area (Å²) in [5, 5.41) is 0. The highest BCUT2D eigenvalue weighted by Gasteiger charge is 2.31. The molecule has 0 bridgehead atoms. The van der Waals surface area contributed by atoms with Crippen LogP contribution in [0.4, 0.5) is 5.69 Å². The lowest BCUT2D eigenvalue weighted by molar-refractivity contribution is -0.116. The first-order chi connectivity index (χ1) is 14.3. The number of sulfonamides is 1. The van der Waals surface area contributed by atoms with E-state index in [9.17, 15) is 18.0 Å². The number of carbonyl (C=O) groups excluding carboxylic acids is 1. The number of amides is 1. The normalized spacial score (nSPS) is 11.5. The van der Waals surface area contributed by atoms with Crippen molar-refractivity contribution in [2.24, 2.45) is 0 Å². The lowest BCUT2D eigenvalue weighted by Gasteiger charge is -2.23. The smallest absolute Gasteiger partial charge is 0.396 e. The first-order valence-electron chi connectivity index (χ1n) is 9.07. The van der Waals surface area contributed by atoms with Gasteiger partial charge in [-0.15, -0.1) is 0 Å². The Morgan fingerprint density at radius 2 is 1.70 bits per heavy atom. The van der Waals surface area contributed by atoms with E-state index in [2.05, 4.69) is 0 Å². The molecule has 8 heteroatoms. The van der Waals surface area contributed by atoms with E-state index >= 15 is 0 Å².